The quantitative estimate of drug-likeness (QED) is 0.784. The Hall–Kier alpha value is -2.02. The number of halogens is 1. The lowest BCUT2D eigenvalue weighted by Gasteiger charge is -2.36. The van der Waals surface area contributed by atoms with Crippen LogP contribution in [-0.4, -0.2) is 29.5 Å². The van der Waals surface area contributed by atoms with E-state index >= 15 is 0 Å². The van der Waals surface area contributed by atoms with Crippen LogP contribution in [0.15, 0.2) is 52.5 Å². The molecule has 4 rings (SSSR count). The zero-order chi connectivity index (χ0) is 16.4. The molecule has 1 atom stereocenters. The summed E-state index contributed by atoms with van der Waals surface area (Å²) in [6, 6.07) is 10.8. The topological polar surface area (TPSA) is 41.3 Å². The van der Waals surface area contributed by atoms with Gasteiger partial charge in [0.25, 0.3) is 0 Å². The molecule has 1 fully saturated rings. The predicted octanol–water partition coefficient (Wildman–Crippen LogP) is 3.69. The maximum Gasteiger partial charge on any atom is 0.162 e. The first-order valence-electron chi connectivity index (χ1n) is 7.98. The van der Waals surface area contributed by atoms with Crippen LogP contribution in [-0.2, 0) is 6.54 Å². The predicted molar refractivity (Wildman–Crippen MR) is 92.2 cm³/mol. The molecule has 0 amide bonds. The minimum Gasteiger partial charge on any atom is -0.462 e. The lowest BCUT2D eigenvalue weighted by molar-refractivity contribution is 0.152. The van der Waals surface area contributed by atoms with Crippen molar-refractivity contribution in [1.82, 2.24) is 15.2 Å². The third-order valence-electron chi connectivity index (χ3n) is 4.24. The van der Waals surface area contributed by atoms with Gasteiger partial charge in [-0.25, -0.2) is 9.37 Å². The Labute approximate surface area is 143 Å². The normalized spacial score (nSPS) is 18.8. The molecule has 24 heavy (non-hydrogen) atoms. The van der Waals surface area contributed by atoms with E-state index in [9.17, 15) is 4.39 Å². The molecule has 3 aromatic rings. The minimum atomic E-state index is -0.188. The van der Waals surface area contributed by atoms with Crippen LogP contribution in [0.4, 0.5) is 4.39 Å². The van der Waals surface area contributed by atoms with E-state index in [-0.39, 0.29) is 11.9 Å². The van der Waals surface area contributed by atoms with Gasteiger partial charge in [0.15, 0.2) is 10.8 Å². The van der Waals surface area contributed by atoms with E-state index in [1.807, 2.05) is 18.2 Å². The molecule has 0 bridgehead atoms. The zero-order valence-corrected chi connectivity index (χ0v) is 13.9. The number of hydrogen-bond donors (Lipinski definition) is 1. The van der Waals surface area contributed by atoms with Crippen molar-refractivity contribution in [3.05, 3.63) is 65.1 Å². The molecular formula is C18H18FN3OS. The molecule has 1 unspecified atom stereocenters. The van der Waals surface area contributed by atoms with Crippen LogP contribution < -0.4 is 5.32 Å². The molecule has 6 heteroatoms. The van der Waals surface area contributed by atoms with Crippen LogP contribution >= 0.6 is 11.3 Å². The minimum absolute atomic E-state index is 0.156. The van der Waals surface area contributed by atoms with Gasteiger partial charge in [-0.15, -0.1) is 11.3 Å². The highest BCUT2D eigenvalue weighted by molar-refractivity contribution is 7.13. The Morgan fingerprint density at radius 3 is 3.12 bits per heavy atom. The maximum absolute atomic E-state index is 13.6. The highest BCUT2D eigenvalue weighted by Gasteiger charge is 2.25. The summed E-state index contributed by atoms with van der Waals surface area (Å²) in [6.45, 7) is 3.41. The standard InChI is InChI=1S/C18H18FN3OS/c19-14-4-1-3-13(9-14)16-10-20-6-7-22(16)11-15-12-24-18(21-15)17-5-2-8-23-17/h1-5,8-9,12,16,20H,6-7,10-11H2. The number of nitrogens with zero attached hydrogens (tertiary/aromatic N) is 2. The molecule has 0 spiro atoms. The second-order valence-electron chi connectivity index (χ2n) is 5.87. The van der Waals surface area contributed by atoms with Crippen LogP contribution in [0.1, 0.15) is 17.3 Å². The fourth-order valence-corrected chi connectivity index (χ4v) is 3.86. The lowest BCUT2D eigenvalue weighted by Crippen LogP contribution is -2.45. The van der Waals surface area contributed by atoms with Gasteiger partial charge >= 0.3 is 0 Å². The molecule has 1 aliphatic heterocycles. The summed E-state index contributed by atoms with van der Waals surface area (Å²) in [6.07, 6.45) is 1.66. The zero-order valence-electron chi connectivity index (χ0n) is 13.1. The van der Waals surface area contributed by atoms with E-state index in [4.69, 9.17) is 4.42 Å². The SMILES string of the molecule is Fc1cccc(C2CNCCN2Cc2csc(-c3ccco3)n2)c1. The maximum atomic E-state index is 13.6. The van der Waals surface area contributed by atoms with Crippen molar-refractivity contribution in [3.63, 3.8) is 0 Å². The number of furan rings is 1. The van der Waals surface area contributed by atoms with Crippen molar-refractivity contribution >= 4 is 11.3 Å². The first-order chi connectivity index (χ1) is 11.8. The molecule has 4 nitrogen and oxygen atoms in total. The molecule has 2 aromatic heterocycles. The van der Waals surface area contributed by atoms with Crippen LogP contribution in [0, 0.1) is 5.82 Å². The molecule has 0 aliphatic carbocycles. The van der Waals surface area contributed by atoms with Gasteiger partial charge in [0.1, 0.15) is 5.82 Å². The molecule has 3 heterocycles. The van der Waals surface area contributed by atoms with Gasteiger partial charge in [-0.1, -0.05) is 12.1 Å². The number of benzene rings is 1. The highest BCUT2D eigenvalue weighted by atomic mass is 32.1. The summed E-state index contributed by atoms with van der Waals surface area (Å²) >= 11 is 1.59. The smallest absolute Gasteiger partial charge is 0.162 e. The summed E-state index contributed by atoms with van der Waals surface area (Å²) in [5.74, 6) is 0.611. The third-order valence-corrected chi connectivity index (χ3v) is 5.14. The van der Waals surface area contributed by atoms with Crippen LogP contribution in [0.25, 0.3) is 10.8 Å². The van der Waals surface area contributed by atoms with Gasteiger partial charge in [-0.05, 0) is 29.8 Å². The van der Waals surface area contributed by atoms with Crippen molar-refractivity contribution in [1.29, 1.82) is 0 Å². The number of hydrogen-bond acceptors (Lipinski definition) is 5. The van der Waals surface area contributed by atoms with Crippen LogP contribution in [0.2, 0.25) is 0 Å². The molecule has 1 saturated heterocycles. The number of piperazine rings is 1. The number of nitrogens with one attached hydrogen (secondary N) is 1. The fraction of sp³-hybridized carbons (Fsp3) is 0.278. The Morgan fingerprint density at radius 2 is 2.29 bits per heavy atom. The monoisotopic (exact) mass is 343 g/mol. The first kappa shape index (κ1) is 15.5. The number of aromatic nitrogens is 1. The van der Waals surface area contributed by atoms with Gasteiger partial charge < -0.3 is 9.73 Å². The number of thiazole rings is 1. The van der Waals surface area contributed by atoms with Crippen LogP contribution in [0.5, 0.6) is 0 Å². The summed E-state index contributed by atoms with van der Waals surface area (Å²) in [5.41, 5.74) is 2.03. The second kappa shape index (κ2) is 6.84. The average molecular weight is 343 g/mol. The average Bonchev–Trinajstić information content (AvgIpc) is 3.26. The van der Waals surface area contributed by atoms with E-state index in [0.717, 1.165) is 48.2 Å². The highest BCUT2D eigenvalue weighted by Crippen LogP contribution is 2.28. The summed E-state index contributed by atoms with van der Waals surface area (Å²) in [5, 5.41) is 6.37. The van der Waals surface area contributed by atoms with Crippen LogP contribution in [0.3, 0.4) is 0 Å². The fourth-order valence-electron chi connectivity index (χ4n) is 3.08. The van der Waals surface area contributed by atoms with Crippen molar-refractivity contribution in [2.75, 3.05) is 19.6 Å². The summed E-state index contributed by atoms with van der Waals surface area (Å²) < 4.78 is 19.0. The van der Waals surface area contributed by atoms with Gasteiger partial charge in [0.05, 0.1) is 12.0 Å². The van der Waals surface area contributed by atoms with Gasteiger partial charge in [-0.2, -0.15) is 0 Å². The molecule has 0 saturated carbocycles. The first-order valence-corrected chi connectivity index (χ1v) is 8.86. The lowest BCUT2D eigenvalue weighted by atomic mass is 10.0. The van der Waals surface area contributed by atoms with Gasteiger partial charge in [0.2, 0.25) is 0 Å². The van der Waals surface area contributed by atoms with Crippen molar-refractivity contribution in [2.24, 2.45) is 0 Å². The van der Waals surface area contributed by atoms with E-state index in [0.29, 0.717) is 0 Å². The second-order valence-corrected chi connectivity index (χ2v) is 6.72. The third kappa shape index (κ3) is 3.26. The van der Waals surface area contributed by atoms with Gasteiger partial charge in [0, 0.05) is 37.6 Å². The van der Waals surface area contributed by atoms with E-state index in [1.165, 1.54) is 6.07 Å². The van der Waals surface area contributed by atoms with E-state index in [1.54, 1.807) is 29.7 Å². The molecule has 1 N–H and O–H groups in total. The number of rotatable bonds is 4. The summed E-state index contributed by atoms with van der Waals surface area (Å²) in [7, 11) is 0. The Morgan fingerprint density at radius 1 is 1.33 bits per heavy atom. The van der Waals surface area contributed by atoms with Crippen molar-refractivity contribution in [3.8, 4) is 10.8 Å². The van der Waals surface area contributed by atoms with Crippen molar-refractivity contribution in [2.45, 2.75) is 12.6 Å². The molecule has 1 aromatic carbocycles. The Balaban J connectivity index is 1.53. The summed E-state index contributed by atoms with van der Waals surface area (Å²) in [4.78, 5) is 7.03. The Kier molecular flexibility index (Phi) is 4.42. The molecule has 0 radical (unpaired) electrons. The van der Waals surface area contributed by atoms with Gasteiger partial charge in [-0.3, -0.25) is 4.90 Å². The van der Waals surface area contributed by atoms with E-state index in [2.05, 4.69) is 20.6 Å². The van der Waals surface area contributed by atoms with E-state index < -0.39 is 0 Å². The van der Waals surface area contributed by atoms with Crippen molar-refractivity contribution < 1.29 is 8.81 Å². The molecule has 1 aliphatic rings. The molecular weight excluding hydrogens is 325 g/mol. The molecule has 124 valence electrons. The Bertz CT molecular complexity index is 802. The largest absolute Gasteiger partial charge is 0.462 e.